The quantitative estimate of drug-likeness (QED) is 0.417. The molecule has 1 aliphatic rings. The topological polar surface area (TPSA) is 104 Å². The van der Waals surface area contributed by atoms with Crippen molar-refractivity contribution in [1.82, 2.24) is 10.2 Å². The molecule has 0 atom stereocenters. The zero-order valence-electron chi connectivity index (χ0n) is 16.1. The molecule has 1 saturated heterocycles. The number of nitriles is 1. The van der Waals surface area contributed by atoms with Gasteiger partial charge < -0.3 is 14.1 Å². The average molecular weight is 474 g/mol. The van der Waals surface area contributed by atoms with E-state index in [4.69, 9.17) is 20.8 Å². The highest BCUT2D eigenvalue weighted by molar-refractivity contribution is 7.99. The average Bonchev–Trinajstić information content (AvgIpc) is 3.44. The molecule has 0 aliphatic carbocycles. The van der Waals surface area contributed by atoms with Gasteiger partial charge in [-0.3, -0.25) is 10.1 Å². The highest BCUT2D eigenvalue weighted by atomic mass is 35.5. The summed E-state index contributed by atoms with van der Waals surface area (Å²) < 4.78 is 11.0. The van der Waals surface area contributed by atoms with E-state index in [1.165, 1.54) is 29.2 Å². The molecule has 0 radical (unpaired) electrons. The maximum Gasteiger partial charge on any atom is 0.268 e. The van der Waals surface area contributed by atoms with Crippen LogP contribution in [0.5, 0.6) is 0 Å². The lowest BCUT2D eigenvalue weighted by atomic mass is 10.2. The van der Waals surface area contributed by atoms with Crippen molar-refractivity contribution in [2.24, 2.45) is 0 Å². The molecular formula is C20H16ClN5O3S2. The van der Waals surface area contributed by atoms with Crippen molar-refractivity contribution in [2.45, 2.75) is 9.99 Å². The van der Waals surface area contributed by atoms with Crippen molar-refractivity contribution in [3.05, 3.63) is 52.8 Å². The molecule has 11 heteroatoms. The molecule has 158 valence electrons. The Labute approximate surface area is 191 Å². The highest BCUT2D eigenvalue weighted by Gasteiger charge is 2.18. The summed E-state index contributed by atoms with van der Waals surface area (Å²) in [4.78, 5) is 15.5. The van der Waals surface area contributed by atoms with Gasteiger partial charge in [-0.25, -0.2) is 0 Å². The summed E-state index contributed by atoms with van der Waals surface area (Å²) in [5.41, 5.74) is -0.0967. The fourth-order valence-electron chi connectivity index (χ4n) is 2.69. The number of hydrogen-bond donors (Lipinski definition) is 1. The number of aromatic nitrogens is 2. The van der Waals surface area contributed by atoms with Crippen LogP contribution >= 0.6 is 34.7 Å². The fourth-order valence-corrected chi connectivity index (χ4v) is 4.39. The number of nitrogens with one attached hydrogen (secondary N) is 1. The minimum atomic E-state index is -0.574. The van der Waals surface area contributed by atoms with Crippen molar-refractivity contribution < 1.29 is 13.9 Å². The molecule has 4 rings (SSSR count). The number of carbonyl (C=O) groups is 1. The molecule has 8 nitrogen and oxygen atoms in total. The molecule has 31 heavy (non-hydrogen) atoms. The Hall–Kier alpha value is -2.84. The van der Waals surface area contributed by atoms with Crippen LogP contribution in [0.15, 0.2) is 56.4 Å². The van der Waals surface area contributed by atoms with Gasteiger partial charge in [-0.15, -0.1) is 10.2 Å². The van der Waals surface area contributed by atoms with Crippen LogP contribution in [0.1, 0.15) is 5.76 Å². The summed E-state index contributed by atoms with van der Waals surface area (Å²) in [5, 5.41) is 22.5. The first-order chi connectivity index (χ1) is 15.1. The second-order valence-corrected chi connectivity index (χ2v) is 8.80. The summed E-state index contributed by atoms with van der Waals surface area (Å²) in [6.45, 7) is 2.70. The molecule has 1 N–H and O–H groups in total. The van der Waals surface area contributed by atoms with Crippen LogP contribution in [0.25, 0.3) is 6.08 Å². The van der Waals surface area contributed by atoms with Gasteiger partial charge in [0, 0.05) is 29.1 Å². The third-order valence-electron chi connectivity index (χ3n) is 4.20. The number of hydrogen-bond acceptors (Lipinski definition) is 9. The van der Waals surface area contributed by atoms with Crippen molar-refractivity contribution in [2.75, 3.05) is 36.5 Å². The van der Waals surface area contributed by atoms with Crippen LogP contribution in [0, 0.1) is 11.3 Å². The SMILES string of the molecule is N#C/C(=C/c1ccc(Sc2ccc(Cl)cc2)o1)C(=O)Nc1nnc(N2CCOCC2)s1. The fraction of sp³-hybridized carbons (Fsp3) is 0.200. The minimum Gasteiger partial charge on any atom is -0.450 e. The summed E-state index contributed by atoms with van der Waals surface area (Å²) in [6.07, 6.45) is 1.39. The zero-order chi connectivity index (χ0) is 21.6. The van der Waals surface area contributed by atoms with E-state index in [9.17, 15) is 10.1 Å². The Morgan fingerprint density at radius 3 is 2.74 bits per heavy atom. The van der Waals surface area contributed by atoms with E-state index in [1.54, 1.807) is 24.3 Å². The van der Waals surface area contributed by atoms with Gasteiger partial charge in [-0.05, 0) is 36.4 Å². The smallest absolute Gasteiger partial charge is 0.268 e. The van der Waals surface area contributed by atoms with Gasteiger partial charge in [0.1, 0.15) is 17.4 Å². The predicted molar refractivity (Wildman–Crippen MR) is 119 cm³/mol. The minimum absolute atomic E-state index is 0.0967. The molecule has 0 bridgehead atoms. The van der Waals surface area contributed by atoms with Gasteiger partial charge in [-0.1, -0.05) is 34.7 Å². The Morgan fingerprint density at radius 2 is 2.00 bits per heavy atom. The number of halogens is 1. The molecule has 2 aromatic heterocycles. The number of amides is 1. The molecule has 0 spiro atoms. The van der Waals surface area contributed by atoms with Crippen molar-refractivity contribution >= 4 is 56.9 Å². The van der Waals surface area contributed by atoms with Gasteiger partial charge >= 0.3 is 0 Å². The molecule has 1 amide bonds. The molecule has 1 aliphatic heterocycles. The maximum atomic E-state index is 12.5. The van der Waals surface area contributed by atoms with Crippen LogP contribution in [0.4, 0.5) is 10.3 Å². The molecule has 3 aromatic rings. The summed E-state index contributed by atoms with van der Waals surface area (Å²) in [6, 6.07) is 12.7. The van der Waals surface area contributed by atoms with Crippen molar-refractivity contribution in [1.29, 1.82) is 5.26 Å². The number of rotatable bonds is 6. The monoisotopic (exact) mass is 473 g/mol. The first-order valence-corrected chi connectivity index (χ1v) is 11.2. The first kappa shape index (κ1) is 21.4. The van der Waals surface area contributed by atoms with E-state index >= 15 is 0 Å². The molecule has 0 saturated carbocycles. The largest absolute Gasteiger partial charge is 0.450 e. The van der Waals surface area contributed by atoms with Gasteiger partial charge in [0.05, 0.1) is 13.2 Å². The van der Waals surface area contributed by atoms with Gasteiger partial charge in [0.2, 0.25) is 10.3 Å². The molecule has 0 unspecified atom stereocenters. The number of anilines is 2. The highest BCUT2D eigenvalue weighted by Crippen LogP contribution is 2.31. The normalized spacial score (nSPS) is 14.3. The Balaban J connectivity index is 1.40. The predicted octanol–water partition coefficient (Wildman–Crippen LogP) is 4.32. The maximum absolute atomic E-state index is 12.5. The summed E-state index contributed by atoms with van der Waals surface area (Å²) in [5.74, 6) is -0.176. The van der Waals surface area contributed by atoms with Crippen LogP contribution in [0.2, 0.25) is 5.02 Å². The lowest BCUT2D eigenvalue weighted by molar-refractivity contribution is -0.112. The van der Waals surface area contributed by atoms with Gasteiger partial charge in [-0.2, -0.15) is 5.26 Å². The third kappa shape index (κ3) is 5.65. The number of nitrogens with zero attached hydrogens (tertiary/aromatic N) is 4. The van der Waals surface area contributed by atoms with Crippen molar-refractivity contribution in [3.8, 4) is 6.07 Å². The summed E-state index contributed by atoms with van der Waals surface area (Å²) >= 11 is 8.56. The van der Waals surface area contributed by atoms with Crippen LogP contribution in [0.3, 0.4) is 0 Å². The third-order valence-corrected chi connectivity index (χ3v) is 6.28. The molecule has 1 fully saturated rings. The van der Waals surface area contributed by atoms with E-state index in [0.29, 0.717) is 39.4 Å². The van der Waals surface area contributed by atoms with E-state index in [2.05, 4.69) is 15.5 Å². The second-order valence-electron chi connectivity index (χ2n) is 6.33. The van der Waals surface area contributed by atoms with Crippen LogP contribution in [-0.2, 0) is 9.53 Å². The van der Waals surface area contributed by atoms with Crippen molar-refractivity contribution in [3.63, 3.8) is 0 Å². The van der Waals surface area contributed by atoms with Gasteiger partial charge in [0.15, 0.2) is 5.09 Å². The van der Waals surface area contributed by atoms with Crippen LogP contribution < -0.4 is 10.2 Å². The summed E-state index contributed by atoms with van der Waals surface area (Å²) in [7, 11) is 0. The standard InChI is InChI=1S/C20H16ClN5O3S2/c21-14-1-4-16(5-2-14)30-17-6-3-15(29-17)11-13(12-22)18(27)23-19-24-25-20(31-19)26-7-9-28-10-8-26/h1-6,11H,7-10H2,(H,23,24,27)/b13-11-. The zero-order valence-corrected chi connectivity index (χ0v) is 18.5. The molecule has 1 aromatic carbocycles. The van der Waals surface area contributed by atoms with E-state index in [0.717, 1.165) is 18.0 Å². The molecular weight excluding hydrogens is 458 g/mol. The molecule has 3 heterocycles. The van der Waals surface area contributed by atoms with Crippen LogP contribution in [-0.4, -0.2) is 42.4 Å². The second kappa shape index (κ2) is 9.98. The first-order valence-electron chi connectivity index (χ1n) is 9.23. The Morgan fingerprint density at radius 1 is 1.23 bits per heavy atom. The number of furan rings is 1. The van der Waals surface area contributed by atoms with E-state index in [-0.39, 0.29) is 5.57 Å². The van der Waals surface area contributed by atoms with E-state index < -0.39 is 5.91 Å². The number of ether oxygens (including phenoxy) is 1. The number of morpholine rings is 1. The Bertz CT molecular complexity index is 1130. The number of benzene rings is 1. The lowest BCUT2D eigenvalue weighted by Gasteiger charge is -2.25. The van der Waals surface area contributed by atoms with Gasteiger partial charge in [0.25, 0.3) is 5.91 Å². The number of carbonyl (C=O) groups excluding carboxylic acids is 1. The Kier molecular flexibility index (Phi) is 6.89. The lowest BCUT2D eigenvalue weighted by Crippen LogP contribution is -2.36. The van der Waals surface area contributed by atoms with E-state index in [1.807, 2.05) is 23.1 Å².